The molecule has 0 amide bonds. The van der Waals surface area contributed by atoms with E-state index < -0.39 is 0 Å². The van der Waals surface area contributed by atoms with E-state index in [0.29, 0.717) is 0 Å². The summed E-state index contributed by atoms with van der Waals surface area (Å²) in [5.74, 6) is 0. The summed E-state index contributed by atoms with van der Waals surface area (Å²) in [6.45, 7) is 18.6. The van der Waals surface area contributed by atoms with E-state index in [1.807, 2.05) is 0 Å². The molecular formula is C24H54N2O+2. The molecule has 0 aromatic carbocycles. The summed E-state index contributed by atoms with van der Waals surface area (Å²) in [5.41, 5.74) is 0. The molecule has 0 bridgehead atoms. The number of rotatable bonds is 20. The maximum absolute atomic E-state index is 6.09. The molecule has 0 aliphatic heterocycles. The highest BCUT2D eigenvalue weighted by Gasteiger charge is 2.22. The number of ether oxygens (including phenoxy) is 1. The molecule has 27 heavy (non-hydrogen) atoms. The zero-order valence-corrected chi connectivity index (χ0v) is 20.0. The lowest BCUT2D eigenvalue weighted by Crippen LogP contribution is -2.50. The summed E-state index contributed by atoms with van der Waals surface area (Å²) in [5, 5.41) is 0. The van der Waals surface area contributed by atoms with Crippen molar-refractivity contribution in [2.45, 2.75) is 91.9 Å². The molecule has 0 aromatic rings. The zero-order chi connectivity index (χ0) is 20.4. The Balaban J connectivity index is 3.94. The topological polar surface area (TPSA) is 9.23 Å². The van der Waals surface area contributed by atoms with Crippen LogP contribution in [0.2, 0.25) is 0 Å². The van der Waals surface area contributed by atoms with Crippen LogP contribution in [-0.2, 0) is 4.74 Å². The van der Waals surface area contributed by atoms with Crippen molar-refractivity contribution in [3.05, 3.63) is 0 Å². The lowest BCUT2D eigenvalue weighted by molar-refractivity contribution is -0.925. The molecule has 0 N–H and O–H groups in total. The minimum atomic E-state index is 0.909. The van der Waals surface area contributed by atoms with Crippen LogP contribution in [0.3, 0.4) is 0 Å². The van der Waals surface area contributed by atoms with E-state index in [4.69, 9.17) is 4.74 Å². The second-order valence-electron chi connectivity index (χ2n) is 9.25. The van der Waals surface area contributed by atoms with Crippen LogP contribution < -0.4 is 0 Å². The Kier molecular flexibility index (Phi) is 16.7. The molecule has 0 spiro atoms. The van der Waals surface area contributed by atoms with Crippen molar-refractivity contribution < 1.29 is 13.7 Å². The molecule has 0 fully saturated rings. The van der Waals surface area contributed by atoms with Crippen molar-refractivity contribution in [2.75, 3.05) is 66.6 Å². The van der Waals surface area contributed by atoms with E-state index in [0.717, 1.165) is 24.2 Å². The van der Waals surface area contributed by atoms with Gasteiger partial charge in [-0.1, -0.05) is 52.4 Å². The lowest BCUT2D eigenvalue weighted by Gasteiger charge is -2.37. The zero-order valence-electron chi connectivity index (χ0n) is 20.0. The van der Waals surface area contributed by atoms with Gasteiger partial charge < -0.3 is 13.7 Å². The number of hydrogen-bond donors (Lipinski definition) is 0. The van der Waals surface area contributed by atoms with Crippen LogP contribution in [0.1, 0.15) is 91.9 Å². The number of hydrogen-bond acceptors (Lipinski definition) is 1. The Morgan fingerprint density at radius 2 is 1.00 bits per heavy atom. The molecule has 164 valence electrons. The van der Waals surface area contributed by atoms with Crippen molar-refractivity contribution in [3.63, 3.8) is 0 Å². The van der Waals surface area contributed by atoms with Crippen molar-refractivity contribution in [1.29, 1.82) is 0 Å². The molecule has 0 heterocycles. The van der Waals surface area contributed by atoms with Gasteiger partial charge in [0.05, 0.1) is 53.5 Å². The largest absolute Gasteiger partial charge is 0.370 e. The van der Waals surface area contributed by atoms with Crippen LogP contribution >= 0.6 is 0 Å². The predicted octanol–water partition coefficient (Wildman–Crippen LogP) is 5.88. The molecule has 0 unspecified atom stereocenters. The quantitative estimate of drug-likeness (QED) is 0.188. The first-order valence-corrected chi connectivity index (χ1v) is 12.2. The van der Waals surface area contributed by atoms with Gasteiger partial charge in [-0.3, -0.25) is 0 Å². The van der Waals surface area contributed by atoms with Gasteiger partial charge in [0.15, 0.2) is 0 Å². The predicted molar refractivity (Wildman–Crippen MR) is 121 cm³/mol. The third-order valence-corrected chi connectivity index (χ3v) is 6.50. The number of nitrogens with zero attached hydrogens (tertiary/aromatic N) is 2. The van der Waals surface area contributed by atoms with Crippen LogP contribution in [0, 0.1) is 0 Å². The molecule has 0 radical (unpaired) electrons. The van der Waals surface area contributed by atoms with Crippen LogP contribution in [0.4, 0.5) is 0 Å². The van der Waals surface area contributed by atoms with Gasteiger partial charge in [0.2, 0.25) is 0 Å². The Hall–Kier alpha value is -0.120. The Morgan fingerprint density at radius 3 is 1.52 bits per heavy atom. The molecular weight excluding hydrogens is 332 g/mol. The van der Waals surface area contributed by atoms with E-state index in [9.17, 15) is 0 Å². The monoisotopic (exact) mass is 386 g/mol. The van der Waals surface area contributed by atoms with E-state index >= 15 is 0 Å². The van der Waals surface area contributed by atoms with Crippen molar-refractivity contribution in [3.8, 4) is 0 Å². The standard InChI is InChI=1S/C24H54N2O/c1-7-11-13-15-17-19-25(5,6)21-23-27-24-22-26(9-3,10-4)20-18-16-14-12-8-2/h7-24H2,1-6H3/q+2. The Morgan fingerprint density at radius 1 is 0.519 bits per heavy atom. The molecule has 0 rings (SSSR count). The average molecular weight is 387 g/mol. The molecule has 0 aromatic heterocycles. The Bertz CT molecular complexity index is 314. The number of likely N-dealkylation sites (N-methyl/N-ethyl adjacent to an activating group) is 2. The van der Waals surface area contributed by atoms with Crippen molar-refractivity contribution >= 4 is 0 Å². The van der Waals surface area contributed by atoms with E-state index in [1.165, 1.54) is 101 Å². The van der Waals surface area contributed by atoms with Gasteiger partial charge in [-0.05, 0) is 39.5 Å². The molecule has 3 nitrogen and oxygen atoms in total. The van der Waals surface area contributed by atoms with Gasteiger partial charge in [-0.25, -0.2) is 0 Å². The molecule has 0 aliphatic carbocycles. The first kappa shape index (κ1) is 26.9. The summed E-state index contributed by atoms with van der Waals surface area (Å²) in [4.78, 5) is 0. The fourth-order valence-electron chi connectivity index (χ4n) is 3.95. The highest BCUT2D eigenvalue weighted by atomic mass is 16.5. The first-order valence-electron chi connectivity index (χ1n) is 12.2. The van der Waals surface area contributed by atoms with Gasteiger partial charge in [-0.2, -0.15) is 0 Å². The molecule has 0 saturated carbocycles. The van der Waals surface area contributed by atoms with Gasteiger partial charge >= 0.3 is 0 Å². The van der Waals surface area contributed by atoms with Gasteiger partial charge in [0.1, 0.15) is 13.1 Å². The second-order valence-corrected chi connectivity index (χ2v) is 9.25. The minimum absolute atomic E-state index is 0.909. The molecule has 0 aliphatic rings. The first-order chi connectivity index (χ1) is 12.9. The SMILES string of the molecule is CCCCCCC[N+](C)(C)CCOCC[N+](CC)(CC)CCCCCCC. The van der Waals surface area contributed by atoms with Crippen LogP contribution in [0.15, 0.2) is 0 Å². The van der Waals surface area contributed by atoms with Crippen LogP contribution in [-0.4, -0.2) is 75.5 Å². The summed E-state index contributed by atoms with van der Waals surface area (Å²) in [7, 11) is 4.72. The third kappa shape index (κ3) is 14.5. The summed E-state index contributed by atoms with van der Waals surface area (Å²) in [6, 6.07) is 0. The highest BCUT2D eigenvalue weighted by molar-refractivity contribution is 4.47. The van der Waals surface area contributed by atoms with Crippen molar-refractivity contribution in [1.82, 2.24) is 0 Å². The molecule has 0 saturated heterocycles. The number of unbranched alkanes of at least 4 members (excludes halogenated alkanes) is 8. The maximum Gasteiger partial charge on any atom is 0.102 e. The van der Waals surface area contributed by atoms with Crippen LogP contribution in [0.25, 0.3) is 0 Å². The maximum atomic E-state index is 6.09. The summed E-state index contributed by atoms with van der Waals surface area (Å²) < 4.78 is 8.43. The Labute approximate surface area is 172 Å². The van der Waals surface area contributed by atoms with E-state index in [1.54, 1.807) is 0 Å². The minimum Gasteiger partial charge on any atom is -0.370 e. The van der Waals surface area contributed by atoms with Crippen molar-refractivity contribution in [2.24, 2.45) is 0 Å². The lowest BCUT2D eigenvalue weighted by atomic mass is 10.1. The third-order valence-electron chi connectivity index (χ3n) is 6.50. The highest BCUT2D eigenvalue weighted by Crippen LogP contribution is 2.12. The second kappa shape index (κ2) is 16.8. The smallest absolute Gasteiger partial charge is 0.102 e. The van der Waals surface area contributed by atoms with Gasteiger partial charge in [-0.15, -0.1) is 0 Å². The van der Waals surface area contributed by atoms with Gasteiger partial charge in [0, 0.05) is 0 Å². The fraction of sp³-hybridized carbons (Fsp3) is 1.00. The van der Waals surface area contributed by atoms with E-state index in [2.05, 4.69) is 41.8 Å². The normalized spacial score (nSPS) is 12.7. The molecule has 3 heteroatoms. The summed E-state index contributed by atoms with van der Waals surface area (Å²) in [6.07, 6.45) is 13.8. The molecule has 0 atom stereocenters. The number of quaternary nitrogens is 2. The van der Waals surface area contributed by atoms with Gasteiger partial charge in [0.25, 0.3) is 0 Å². The van der Waals surface area contributed by atoms with Crippen LogP contribution in [0.5, 0.6) is 0 Å². The fourth-order valence-corrected chi connectivity index (χ4v) is 3.95. The average Bonchev–Trinajstić information content (AvgIpc) is 2.66. The van der Waals surface area contributed by atoms with E-state index in [-0.39, 0.29) is 0 Å². The summed E-state index contributed by atoms with van der Waals surface area (Å²) >= 11 is 0.